The number of thiophene rings is 1. The maximum atomic E-state index is 5.13. The number of hydrogen-bond acceptors (Lipinski definition) is 4. The lowest BCUT2D eigenvalue weighted by molar-refractivity contribution is 0.317. The van der Waals surface area contributed by atoms with Crippen LogP contribution >= 0.6 is 23.1 Å². The van der Waals surface area contributed by atoms with E-state index in [1.54, 1.807) is 11.3 Å². The van der Waals surface area contributed by atoms with E-state index in [-0.39, 0.29) is 5.66 Å². The van der Waals surface area contributed by atoms with Gasteiger partial charge < -0.3 is 0 Å². The molecule has 2 aromatic rings. The Balaban J connectivity index is 1.58. The van der Waals surface area contributed by atoms with Crippen molar-refractivity contribution in [3.05, 3.63) is 57.8 Å². The highest BCUT2D eigenvalue weighted by Gasteiger charge is 2.37. The van der Waals surface area contributed by atoms with Gasteiger partial charge in [-0.15, -0.1) is 11.3 Å². The van der Waals surface area contributed by atoms with E-state index in [0.29, 0.717) is 0 Å². The average Bonchev–Trinajstić information content (AvgIpc) is 3.23. The molecule has 1 spiro atoms. The third-order valence-corrected chi connectivity index (χ3v) is 6.65. The van der Waals surface area contributed by atoms with Crippen LogP contribution in [0.15, 0.2) is 51.8 Å². The minimum Gasteiger partial charge on any atom is -0.251 e. The Labute approximate surface area is 152 Å². The fourth-order valence-electron chi connectivity index (χ4n) is 3.37. The Morgan fingerprint density at radius 2 is 1.83 bits per heavy atom. The number of aliphatic imine (C=N–C) groups is 2. The van der Waals surface area contributed by atoms with Gasteiger partial charge in [0.1, 0.15) is 10.8 Å². The van der Waals surface area contributed by atoms with E-state index in [2.05, 4.69) is 48.7 Å². The van der Waals surface area contributed by atoms with Gasteiger partial charge in [0.2, 0.25) is 0 Å². The summed E-state index contributed by atoms with van der Waals surface area (Å²) in [5.74, 6) is 0.958. The van der Waals surface area contributed by atoms with Gasteiger partial charge in [0, 0.05) is 5.75 Å². The monoisotopic (exact) mass is 354 g/mol. The van der Waals surface area contributed by atoms with Crippen molar-refractivity contribution in [2.24, 2.45) is 9.98 Å². The summed E-state index contributed by atoms with van der Waals surface area (Å²) in [6, 6.07) is 13.1. The van der Waals surface area contributed by atoms with Crippen molar-refractivity contribution in [2.75, 3.05) is 0 Å². The second-order valence-corrected chi connectivity index (χ2v) is 8.58. The highest BCUT2D eigenvalue weighted by molar-refractivity contribution is 8.15. The van der Waals surface area contributed by atoms with Crippen LogP contribution in [0.2, 0.25) is 0 Å². The number of benzene rings is 1. The summed E-state index contributed by atoms with van der Waals surface area (Å²) in [4.78, 5) is 11.5. The minimum atomic E-state index is -0.160. The molecular formula is C20H22N2S2. The topological polar surface area (TPSA) is 24.7 Å². The second-order valence-electron chi connectivity index (χ2n) is 6.67. The Hall–Kier alpha value is -1.39. The zero-order chi connectivity index (χ0) is 16.4. The maximum Gasteiger partial charge on any atom is 0.152 e. The second kappa shape index (κ2) is 6.85. The van der Waals surface area contributed by atoms with Crippen LogP contribution in [0, 0.1) is 6.92 Å². The highest BCUT2D eigenvalue weighted by Crippen LogP contribution is 2.39. The van der Waals surface area contributed by atoms with Gasteiger partial charge in [-0.3, -0.25) is 4.99 Å². The molecule has 1 aliphatic carbocycles. The Bertz CT molecular complexity index is 751. The van der Waals surface area contributed by atoms with Gasteiger partial charge in [0.25, 0.3) is 0 Å². The fourth-order valence-corrected chi connectivity index (χ4v) is 5.18. The first-order chi connectivity index (χ1) is 11.7. The molecule has 1 aromatic heterocycles. The van der Waals surface area contributed by atoms with Crippen molar-refractivity contribution in [1.29, 1.82) is 0 Å². The highest BCUT2D eigenvalue weighted by atomic mass is 32.2. The normalized spacial score (nSPS) is 19.4. The zero-order valence-corrected chi connectivity index (χ0v) is 15.6. The predicted molar refractivity (Wildman–Crippen MR) is 107 cm³/mol. The first-order valence-corrected chi connectivity index (χ1v) is 10.5. The van der Waals surface area contributed by atoms with Crippen LogP contribution in [0.3, 0.4) is 0 Å². The molecule has 0 saturated heterocycles. The molecule has 2 aliphatic rings. The molecule has 4 heteroatoms. The molecule has 0 radical (unpaired) electrons. The summed E-state index contributed by atoms with van der Waals surface area (Å²) in [5, 5.41) is 3.27. The molecule has 1 aromatic carbocycles. The molecule has 1 saturated carbocycles. The van der Waals surface area contributed by atoms with Gasteiger partial charge in [-0.25, -0.2) is 4.99 Å². The largest absolute Gasteiger partial charge is 0.251 e. The standard InChI is InChI=1S/C20H22N2S2/c1-15-7-9-16(10-8-15)14-24-19-18(17-6-5-13-23-17)21-20(22-19)11-3-2-4-12-20/h5-10,13H,2-4,11-12,14H2,1H3. The van der Waals surface area contributed by atoms with Crippen molar-refractivity contribution in [1.82, 2.24) is 0 Å². The molecule has 1 aliphatic heterocycles. The van der Waals surface area contributed by atoms with Gasteiger partial charge in [-0.2, -0.15) is 0 Å². The Morgan fingerprint density at radius 1 is 1.04 bits per heavy atom. The molecule has 0 atom stereocenters. The van der Waals surface area contributed by atoms with E-state index in [0.717, 1.165) is 29.3 Å². The van der Waals surface area contributed by atoms with Crippen molar-refractivity contribution < 1.29 is 0 Å². The summed E-state index contributed by atoms with van der Waals surface area (Å²) in [5.41, 5.74) is 3.63. The molecule has 24 heavy (non-hydrogen) atoms. The van der Waals surface area contributed by atoms with Gasteiger partial charge in [-0.1, -0.05) is 54.1 Å². The maximum absolute atomic E-state index is 5.13. The smallest absolute Gasteiger partial charge is 0.152 e. The van der Waals surface area contributed by atoms with E-state index in [9.17, 15) is 0 Å². The van der Waals surface area contributed by atoms with E-state index in [1.165, 1.54) is 35.3 Å². The summed E-state index contributed by atoms with van der Waals surface area (Å²) < 4.78 is 0. The molecule has 0 N–H and O–H groups in total. The SMILES string of the molecule is Cc1ccc(CSC2=NC3(CCCCC3)N=C2c2cccs2)cc1. The van der Waals surface area contributed by atoms with Crippen LogP contribution in [-0.4, -0.2) is 16.4 Å². The lowest BCUT2D eigenvalue weighted by Crippen LogP contribution is -2.25. The average molecular weight is 355 g/mol. The van der Waals surface area contributed by atoms with Gasteiger partial charge in [0.05, 0.1) is 4.88 Å². The summed E-state index contributed by atoms with van der Waals surface area (Å²) in [6.45, 7) is 2.13. The van der Waals surface area contributed by atoms with Crippen LogP contribution in [0.1, 0.15) is 48.1 Å². The number of thioether (sulfide) groups is 1. The fraction of sp³-hybridized carbons (Fsp3) is 0.400. The first-order valence-electron chi connectivity index (χ1n) is 8.66. The van der Waals surface area contributed by atoms with Crippen LogP contribution < -0.4 is 0 Å². The lowest BCUT2D eigenvalue weighted by atomic mass is 9.90. The molecule has 124 valence electrons. The van der Waals surface area contributed by atoms with Crippen molar-refractivity contribution in [3.63, 3.8) is 0 Å². The quantitative estimate of drug-likeness (QED) is 0.678. The number of hydrogen-bond donors (Lipinski definition) is 0. The molecule has 0 unspecified atom stereocenters. The molecule has 0 bridgehead atoms. The predicted octanol–water partition coefficient (Wildman–Crippen LogP) is 5.85. The van der Waals surface area contributed by atoms with E-state index < -0.39 is 0 Å². The molecule has 2 heterocycles. The molecular weight excluding hydrogens is 332 g/mol. The number of rotatable bonds is 3. The minimum absolute atomic E-state index is 0.160. The van der Waals surface area contributed by atoms with Crippen LogP contribution in [-0.2, 0) is 5.75 Å². The third kappa shape index (κ3) is 3.35. The lowest BCUT2D eigenvalue weighted by Gasteiger charge is -2.27. The summed E-state index contributed by atoms with van der Waals surface area (Å²) in [7, 11) is 0. The van der Waals surface area contributed by atoms with Crippen molar-refractivity contribution in [2.45, 2.75) is 50.4 Å². The third-order valence-electron chi connectivity index (χ3n) is 4.74. The van der Waals surface area contributed by atoms with E-state index >= 15 is 0 Å². The number of nitrogens with zero attached hydrogens (tertiary/aromatic N) is 2. The van der Waals surface area contributed by atoms with Crippen LogP contribution in [0.5, 0.6) is 0 Å². The van der Waals surface area contributed by atoms with Crippen LogP contribution in [0.25, 0.3) is 0 Å². The van der Waals surface area contributed by atoms with E-state index in [1.807, 2.05) is 11.8 Å². The van der Waals surface area contributed by atoms with Crippen molar-refractivity contribution >= 4 is 33.9 Å². The Morgan fingerprint density at radius 3 is 2.54 bits per heavy atom. The summed E-state index contributed by atoms with van der Waals surface area (Å²) in [6.07, 6.45) is 6.04. The van der Waals surface area contributed by atoms with E-state index in [4.69, 9.17) is 9.98 Å². The summed E-state index contributed by atoms with van der Waals surface area (Å²) >= 11 is 3.61. The molecule has 2 nitrogen and oxygen atoms in total. The van der Waals surface area contributed by atoms with Gasteiger partial charge >= 0.3 is 0 Å². The number of aryl methyl sites for hydroxylation is 1. The van der Waals surface area contributed by atoms with Gasteiger partial charge in [-0.05, 0) is 49.6 Å². The van der Waals surface area contributed by atoms with Crippen molar-refractivity contribution in [3.8, 4) is 0 Å². The Kier molecular flexibility index (Phi) is 4.59. The molecule has 0 amide bonds. The van der Waals surface area contributed by atoms with Gasteiger partial charge in [0.15, 0.2) is 5.66 Å². The zero-order valence-electron chi connectivity index (χ0n) is 14.0. The molecule has 4 rings (SSSR count). The van der Waals surface area contributed by atoms with Crippen LogP contribution in [0.4, 0.5) is 0 Å². The molecule has 1 fully saturated rings. The first kappa shape index (κ1) is 16.1.